The second-order valence-electron chi connectivity index (χ2n) is 4.58. The van der Waals surface area contributed by atoms with E-state index in [0.717, 1.165) is 5.56 Å². The Morgan fingerprint density at radius 3 is 2.96 bits per heavy atom. The van der Waals surface area contributed by atoms with Crippen molar-refractivity contribution in [3.8, 4) is 11.5 Å². The van der Waals surface area contributed by atoms with Gasteiger partial charge in [-0.3, -0.25) is 10.2 Å². The van der Waals surface area contributed by atoms with Crippen LogP contribution in [0.2, 0.25) is 0 Å². The molecule has 0 unspecified atom stereocenters. The van der Waals surface area contributed by atoms with Crippen LogP contribution in [0.25, 0.3) is 0 Å². The molecule has 0 spiro atoms. The molecule has 128 valence electrons. The van der Waals surface area contributed by atoms with E-state index in [1.807, 2.05) is 25.1 Å². The molecular formula is C16H19N3O4S. The first kappa shape index (κ1) is 17.7. The quantitative estimate of drug-likeness (QED) is 0.448. The van der Waals surface area contributed by atoms with E-state index < -0.39 is 0 Å². The Morgan fingerprint density at radius 2 is 2.25 bits per heavy atom. The fourth-order valence-electron chi connectivity index (χ4n) is 1.94. The van der Waals surface area contributed by atoms with E-state index in [2.05, 4.69) is 20.2 Å². The second kappa shape index (κ2) is 8.88. The standard InChI is InChI=1S/C16H19N3O4S/c1-4-23-13-7-5-6-11(15(13)22-3)9-17-19-16-18-12(10-24-16)8-14(20)21-2/h5-7,9-10H,4,8H2,1-3H3,(H,18,19)/b17-9-. The average molecular weight is 349 g/mol. The molecule has 0 bridgehead atoms. The summed E-state index contributed by atoms with van der Waals surface area (Å²) < 4.78 is 15.5. The summed E-state index contributed by atoms with van der Waals surface area (Å²) in [4.78, 5) is 15.5. The number of rotatable bonds is 8. The van der Waals surface area contributed by atoms with Crippen LogP contribution in [-0.2, 0) is 16.0 Å². The summed E-state index contributed by atoms with van der Waals surface area (Å²) in [5.74, 6) is 0.960. The number of methoxy groups -OCH3 is 2. The van der Waals surface area contributed by atoms with Gasteiger partial charge in [0.2, 0.25) is 5.13 Å². The van der Waals surface area contributed by atoms with Gasteiger partial charge in [0, 0.05) is 10.9 Å². The fraction of sp³-hybridized carbons (Fsp3) is 0.312. The number of nitrogens with zero attached hydrogens (tertiary/aromatic N) is 2. The number of aromatic nitrogens is 1. The van der Waals surface area contributed by atoms with Crippen LogP contribution in [0.5, 0.6) is 11.5 Å². The van der Waals surface area contributed by atoms with E-state index in [9.17, 15) is 4.79 Å². The molecule has 1 heterocycles. The number of hydrogen-bond acceptors (Lipinski definition) is 8. The molecule has 0 amide bonds. The molecule has 0 fully saturated rings. The van der Waals surface area contributed by atoms with E-state index in [0.29, 0.717) is 28.9 Å². The maximum atomic E-state index is 11.2. The van der Waals surface area contributed by atoms with E-state index in [1.54, 1.807) is 18.7 Å². The summed E-state index contributed by atoms with van der Waals surface area (Å²) in [6.07, 6.45) is 1.77. The van der Waals surface area contributed by atoms with Gasteiger partial charge in [-0.1, -0.05) is 6.07 Å². The molecule has 1 aromatic carbocycles. The van der Waals surface area contributed by atoms with Crippen LogP contribution >= 0.6 is 11.3 Å². The Labute approximate surface area is 144 Å². The monoisotopic (exact) mass is 349 g/mol. The van der Waals surface area contributed by atoms with Crippen molar-refractivity contribution < 1.29 is 19.0 Å². The maximum absolute atomic E-state index is 11.2. The van der Waals surface area contributed by atoms with Gasteiger partial charge in [-0.15, -0.1) is 11.3 Å². The molecule has 1 aromatic heterocycles. The zero-order chi connectivity index (χ0) is 17.4. The number of ether oxygens (including phenoxy) is 3. The molecule has 2 rings (SSSR count). The number of anilines is 1. The van der Waals surface area contributed by atoms with Gasteiger partial charge in [-0.05, 0) is 19.1 Å². The average Bonchev–Trinajstić information content (AvgIpc) is 3.02. The van der Waals surface area contributed by atoms with Gasteiger partial charge in [-0.2, -0.15) is 5.10 Å². The zero-order valence-electron chi connectivity index (χ0n) is 13.7. The minimum atomic E-state index is -0.326. The number of hydrogen-bond donors (Lipinski definition) is 1. The summed E-state index contributed by atoms with van der Waals surface area (Å²) in [5.41, 5.74) is 4.26. The number of carbonyl (C=O) groups is 1. The highest BCUT2D eigenvalue weighted by Gasteiger charge is 2.09. The third-order valence-electron chi connectivity index (χ3n) is 2.98. The number of thiazole rings is 1. The molecule has 0 aliphatic carbocycles. The second-order valence-corrected chi connectivity index (χ2v) is 5.44. The van der Waals surface area contributed by atoms with Gasteiger partial charge >= 0.3 is 5.97 Å². The minimum absolute atomic E-state index is 0.141. The van der Waals surface area contributed by atoms with Gasteiger partial charge in [0.25, 0.3) is 0 Å². The van der Waals surface area contributed by atoms with Crippen molar-refractivity contribution in [3.05, 3.63) is 34.8 Å². The molecule has 0 aliphatic rings. The molecule has 0 saturated carbocycles. The van der Waals surface area contributed by atoms with Gasteiger partial charge in [0.15, 0.2) is 11.5 Å². The molecule has 0 aliphatic heterocycles. The van der Waals surface area contributed by atoms with Crippen molar-refractivity contribution in [2.75, 3.05) is 26.3 Å². The molecule has 8 heteroatoms. The summed E-state index contributed by atoms with van der Waals surface area (Å²) >= 11 is 1.36. The number of hydrazone groups is 1. The molecule has 0 radical (unpaired) electrons. The molecular weight excluding hydrogens is 330 g/mol. The minimum Gasteiger partial charge on any atom is -0.492 e. The van der Waals surface area contributed by atoms with Crippen LogP contribution in [0.3, 0.4) is 0 Å². The molecule has 1 N–H and O–H groups in total. The van der Waals surface area contributed by atoms with E-state index in [-0.39, 0.29) is 12.4 Å². The lowest BCUT2D eigenvalue weighted by atomic mass is 10.2. The first-order valence-electron chi connectivity index (χ1n) is 7.28. The molecule has 7 nitrogen and oxygen atoms in total. The number of para-hydroxylation sites is 1. The van der Waals surface area contributed by atoms with Crippen LogP contribution in [0.4, 0.5) is 5.13 Å². The highest BCUT2D eigenvalue weighted by Crippen LogP contribution is 2.30. The lowest BCUT2D eigenvalue weighted by Gasteiger charge is -2.10. The van der Waals surface area contributed by atoms with Crippen molar-refractivity contribution in [1.29, 1.82) is 0 Å². The largest absolute Gasteiger partial charge is 0.492 e. The number of nitrogens with one attached hydrogen (secondary N) is 1. The first-order valence-corrected chi connectivity index (χ1v) is 8.16. The number of esters is 1. The van der Waals surface area contributed by atoms with Crippen molar-refractivity contribution in [1.82, 2.24) is 4.98 Å². The van der Waals surface area contributed by atoms with Crippen molar-refractivity contribution in [2.24, 2.45) is 5.10 Å². The van der Waals surface area contributed by atoms with Crippen LogP contribution in [-0.4, -0.2) is 38.0 Å². The van der Waals surface area contributed by atoms with Crippen molar-refractivity contribution >= 4 is 28.7 Å². The van der Waals surface area contributed by atoms with Crippen molar-refractivity contribution in [2.45, 2.75) is 13.3 Å². The lowest BCUT2D eigenvalue weighted by molar-refractivity contribution is -0.139. The van der Waals surface area contributed by atoms with Crippen LogP contribution in [0.15, 0.2) is 28.7 Å². The predicted octanol–water partition coefficient (Wildman–Crippen LogP) is 2.71. The van der Waals surface area contributed by atoms with Crippen LogP contribution in [0, 0.1) is 0 Å². The van der Waals surface area contributed by atoms with Gasteiger partial charge in [-0.25, -0.2) is 4.98 Å². The van der Waals surface area contributed by atoms with E-state index >= 15 is 0 Å². The summed E-state index contributed by atoms with van der Waals surface area (Å²) in [7, 11) is 2.93. The summed E-state index contributed by atoms with van der Waals surface area (Å²) in [6, 6.07) is 5.58. The van der Waals surface area contributed by atoms with Gasteiger partial charge < -0.3 is 14.2 Å². The van der Waals surface area contributed by atoms with Crippen molar-refractivity contribution in [3.63, 3.8) is 0 Å². The van der Waals surface area contributed by atoms with Crippen LogP contribution < -0.4 is 14.9 Å². The normalized spacial score (nSPS) is 10.6. The molecule has 24 heavy (non-hydrogen) atoms. The highest BCUT2D eigenvalue weighted by molar-refractivity contribution is 7.13. The molecule has 0 atom stereocenters. The Morgan fingerprint density at radius 1 is 1.42 bits per heavy atom. The Balaban J connectivity index is 2.04. The highest BCUT2D eigenvalue weighted by atomic mass is 32.1. The third kappa shape index (κ3) is 4.69. The Kier molecular flexibility index (Phi) is 6.56. The van der Waals surface area contributed by atoms with Gasteiger partial charge in [0.1, 0.15) is 0 Å². The molecule has 2 aromatic rings. The molecule has 0 saturated heterocycles. The smallest absolute Gasteiger partial charge is 0.311 e. The SMILES string of the molecule is CCOc1cccc(/C=N\Nc2nc(CC(=O)OC)cs2)c1OC. The summed E-state index contributed by atoms with van der Waals surface area (Å²) in [5, 5.41) is 6.53. The van der Waals surface area contributed by atoms with Crippen LogP contribution in [0.1, 0.15) is 18.2 Å². The lowest BCUT2D eigenvalue weighted by Crippen LogP contribution is -2.04. The Bertz CT molecular complexity index is 715. The topological polar surface area (TPSA) is 82.0 Å². The van der Waals surface area contributed by atoms with E-state index in [4.69, 9.17) is 9.47 Å². The third-order valence-corrected chi connectivity index (χ3v) is 3.78. The summed E-state index contributed by atoms with van der Waals surface area (Å²) in [6.45, 7) is 2.47. The number of carbonyl (C=O) groups excluding carboxylic acids is 1. The van der Waals surface area contributed by atoms with Gasteiger partial charge in [0.05, 0.1) is 39.2 Å². The van der Waals surface area contributed by atoms with E-state index in [1.165, 1.54) is 18.4 Å². The fourth-order valence-corrected chi connectivity index (χ4v) is 2.60. The number of benzene rings is 1. The zero-order valence-corrected chi connectivity index (χ0v) is 14.6. The Hall–Kier alpha value is -2.61. The maximum Gasteiger partial charge on any atom is 0.311 e. The first-order chi connectivity index (χ1) is 11.7. The predicted molar refractivity (Wildman–Crippen MR) is 93.2 cm³/mol.